The Morgan fingerprint density at radius 3 is 2.29 bits per heavy atom. The fourth-order valence-electron chi connectivity index (χ4n) is 4.82. The molecule has 1 spiro atoms. The quantitative estimate of drug-likeness (QED) is 0.857. The first kappa shape index (κ1) is 15.3. The van der Waals surface area contributed by atoms with Gasteiger partial charge in [-0.25, -0.2) is 0 Å². The lowest BCUT2D eigenvalue weighted by Crippen LogP contribution is -2.45. The second kappa shape index (κ2) is 5.57. The van der Waals surface area contributed by atoms with Crippen molar-refractivity contribution < 1.29 is 4.79 Å². The van der Waals surface area contributed by atoms with Crippen LogP contribution in [0, 0.1) is 11.3 Å². The van der Waals surface area contributed by atoms with Gasteiger partial charge in [0.15, 0.2) is 0 Å². The Morgan fingerprint density at radius 2 is 1.71 bits per heavy atom. The summed E-state index contributed by atoms with van der Waals surface area (Å²) in [5.41, 5.74) is 0.158. The van der Waals surface area contributed by atoms with E-state index in [1.807, 2.05) is 0 Å². The van der Waals surface area contributed by atoms with Crippen LogP contribution in [-0.2, 0) is 4.79 Å². The van der Waals surface area contributed by atoms with Gasteiger partial charge in [0.2, 0.25) is 5.91 Å². The second-order valence-corrected chi connectivity index (χ2v) is 8.53. The normalized spacial score (nSPS) is 31.0. The van der Waals surface area contributed by atoms with Crippen LogP contribution in [-0.4, -0.2) is 29.1 Å². The predicted molar refractivity (Wildman–Crippen MR) is 85.9 cm³/mol. The molecular weight excluding hydrogens is 260 g/mol. The molecule has 3 heteroatoms. The summed E-state index contributed by atoms with van der Waals surface area (Å²) in [5.74, 6) is 1.05. The average Bonchev–Trinajstić information content (AvgIpc) is 3.09. The number of amides is 1. The van der Waals surface area contributed by atoms with Crippen molar-refractivity contribution in [3.05, 3.63) is 0 Å². The van der Waals surface area contributed by atoms with Crippen molar-refractivity contribution in [1.29, 1.82) is 0 Å². The predicted octanol–water partition coefficient (Wildman–Crippen LogP) is 3.68. The zero-order valence-corrected chi connectivity index (χ0v) is 14.1. The third-order valence-electron chi connectivity index (χ3n) is 6.00. The van der Waals surface area contributed by atoms with Crippen molar-refractivity contribution in [3.8, 4) is 0 Å². The van der Waals surface area contributed by atoms with E-state index in [9.17, 15) is 4.79 Å². The molecule has 21 heavy (non-hydrogen) atoms. The van der Waals surface area contributed by atoms with Crippen molar-refractivity contribution in [1.82, 2.24) is 10.2 Å². The number of rotatable bonds is 4. The smallest absolute Gasteiger partial charge is 0.244 e. The fourth-order valence-corrected chi connectivity index (χ4v) is 4.82. The van der Waals surface area contributed by atoms with Crippen LogP contribution in [0.25, 0.3) is 0 Å². The number of carbonyl (C=O) groups is 1. The van der Waals surface area contributed by atoms with Gasteiger partial charge in [0, 0.05) is 6.54 Å². The minimum Gasteiger partial charge on any atom is -0.325 e. The number of carbonyl (C=O) groups excluding carboxylic acids is 1. The Bertz CT molecular complexity index is 392. The molecule has 1 unspecified atom stereocenters. The molecule has 0 aromatic rings. The van der Waals surface area contributed by atoms with Gasteiger partial charge in [0.05, 0.1) is 11.7 Å². The van der Waals surface area contributed by atoms with E-state index in [-0.39, 0.29) is 11.7 Å². The highest BCUT2D eigenvalue weighted by Crippen LogP contribution is 2.43. The van der Waals surface area contributed by atoms with Gasteiger partial charge in [-0.1, -0.05) is 46.5 Å². The van der Waals surface area contributed by atoms with Crippen molar-refractivity contribution >= 4 is 5.91 Å². The number of nitrogens with zero attached hydrogens (tertiary/aromatic N) is 1. The standard InChI is InChI=1S/C18H32N2O/c1-14(2)12-15-19-18(10-6-7-11-18)16(21)20(15)13-17(3)8-4-5-9-17/h14-15,19H,4-13H2,1-3H3. The van der Waals surface area contributed by atoms with E-state index in [1.165, 1.54) is 38.5 Å². The van der Waals surface area contributed by atoms with Gasteiger partial charge in [-0.3, -0.25) is 10.1 Å². The maximum atomic E-state index is 13.1. The molecule has 120 valence electrons. The number of nitrogens with one attached hydrogen (secondary N) is 1. The molecule has 0 aromatic heterocycles. The number of hydrogen-bond donors (Lipinski definition) is 1. The van der Waals surface area contributed by atoms with Crippen LogP contribution in [0.15, 0.2) is 0 Å². The van der Waals surface area contributed by atoms with E-state index >= 15 is 0 Å². The fraction of sp³-hybridized carbons (Fsp3) is 0.944. The Hall–Kier alpha value is -0.570. The van der Waals surface area contributed by atoms with Crippen LogP contribution in [0.4, 0.5) is 0 Å². The molecule has 2 saturated carbocycles. The van der Waals surface area contributed by atoms with E-state index in [0.717, 1.165) is 25.8 Å². The Labute approximate surface area is 129 Å². The van der Waals surface area contributed by atoms with Crippen LogP contribution in [0.5, 0.6) is 0 Å². The zero-order chi connectivity index (χ0) is 15.1. The molecule has 3 rings (SSSR count). The minimum absolute atomic E-state index is 0.200. The van der Waals surface area contributed by atoms with Crippen molar-refractivity contribution in [3.63, 3.8) is 0 Å². The third kappa shape index (κ3) is 2.86. The van der Waals surface area contributed by atoms with E-state index in [0.29, 0.717) is 17.2 Å². The maximum Gasteiger partial charge on any atom is 0.244 e. The van der Waals surface area contributed by atoms with Gasteiger partial charge >= 0.3 is 0 Å². The summed E-state index contributed by atoms with van der Waals surface area (Å²) in [6.45, 7) is 7.89. The molecule has 1 aliphatic heterocycles. The topological polar surface area (TPSA) is 32.3 Å². The van der Waals surface area contributed by atoms with Gasteiger partial charge in [-0.05, 0) is 43.4 Å². The SMILES string of the molecule is CC(C)CC1NC2(CCCC2)C(=O)N1CC1(C)CCCC1. The molecule has 3 nitrogen and oxygen atoms in total. The van der Waals surface area contributed by atoms with Gasteiger partial charge in [-0.15, -0.1) is 0 Å². The van der Waals surface area contributed by atoms with Crippen LogP contribution in [0.3, 0.4) is 0 Å². The zero-order valence-electron chi connectivity index (χ0n) is 14.1. The van der Waals surface area contributed by atoms with Gasteiger partial charge in [-0.2, -0.15) is 0 Å². The highest BCUT2D eigenvalue weighted by molar-refractivity contribution is 5.89. The number of hydrogen-bond acceptors (Lipinski definition) is 2. The van der Waals surface area contributed by atoms with Crippen LogP contribution in [0.1, 0.15) is 78.6 Å². The van der Waals surface area contributed by atoms with E-state index in [4.69, 9.17) is 0 Å². The molecule has 1 atom stereocenters. The lowest BCUT2D eigenvalue weighted by molar-refractivity contribution is -0.134. The molecule has 1 amide bonds. The largest absolute Gasteiger partial charge is 0.325 e. The van der Waals surface area contributed by atoms with Gasteiger partial charge < -0.3 is 4.90 Å². The van der Waals surface area contributed by atoms with Crippen LogP contribution >= 0.6 is 0 Å². The summed E-state index contributed by atoms with van der Waals surface area (Å²) in [7, 11) is 0. The maximum absolute atomic E-state index is 13.1. The van der Waals surface area contributed by atoms with Crippen LogP contribution < -0.4 is 5.32 Å². The van der Waals surface area contributed by atoms with Crippen molar-refractivity contribution in [2.75, 3.05) is 6.54 Å². The highest BCUT2D eigenvalue weighted by Gasteiger charge is 2.53. The molecule has 3 aliphatic rings. The lowest BCUT2D eigenvalue weighted by atomic mass is 9.87. The summed E-state index contributed by atoms with van der Waals surface area (Å²) >= 11 is 0. The van der Waals surface area contributed by atoms with E-state index in [1.54, 1.807) is 0 Å². The van der Waals surface area contributed by atoms with Crippen molar-refractivity contribution in [2.24, 2.45) is 11.3 Å². The molecule has 2 aliphatic carbocycles. The second-order valence-electron chi connectivity index (χ2n) is 8.53. The molecule has 0 radical (unpaired) electrons. The van der Waals surface area contributed by atoms with Crippen molar-refractivity contribution in [2.45, 2.75) is 90.3 Å². The molecule has 3 fully saturated rings. The summed E-state index contributed by atoms with van der Waals surface area (Å²) in [6, 6.07) is 0. The van der Waals surface area contributed by atoms with E-state index in [2.05, 4.69) is 31.0 Å². The van der Waals surface area contributed by atoms with Gasteiger partial charge in [0.1, 0.15) is 0 Å². The third-order valence-corrected chi connectivity index (χ3v) is 6.00. The minimum atomic E-state index is -0.200. The molecular formula is C18H32N2O. The summed E-state index contributed by atoms with van der Waals surface area (Å²) in [6.07, 6.45) is 11.1. The first-order valence-electron chi connectivity index (χ1n) is 9.03. The highest BCUT2D eigenvalue weighted by atomic mass is 16.2. The van der Waals surface area contributed by atoms with E-state index < -0.39 is 0 Å². The summed E-state index contributed by atoms with van der Waals surface area (Å²) in [4.78, 5) is 15.3. The molecule has 0 bridgehead atoms. The first-order valence-corrected chi connectivity index (χ1v) is 9.03. The molecule has 1 heterocycles. The molecule has 1 saturated heterocycles. The summed E-state index contributed by atoms with van der Waals surface area (Å²) in [5, 5.41) is 3.77. The Morgan fingerprint density at radius 1 is 1.14 bits per heavy atom. The average molecular weight is 292 g/mol. The monoisotopic (exact) mass is 292 g/mol. The lowest BCUT2D eigenvalue weighted by Gasteiger charge is -2.34. The molecule has 1 N–H and O–H groups in total. The summed E-state index contributed by atoms with van der Waals surface area (Å²) < 4.78 is 0. The van der Waals surface area contributed by atoms with Gasteiger partial charge in [0.25, 0.3) is 0 Å². The Kier molecular flexibility index (Phi) is 4.06. The molecule has 0 aromatic carbocycles. The van der Waals surface area contributed by atoms with Crippen LogP contribution in [0.2, 0.25) is 0 Å². The Balaban J connectivity index is 1.78. The first-order chi connectivity index (χ1) is 9.94.